The fourth-order valence-electron chi connectivity index (χ4n) is 2.02. The van der Waals surface area contributed by atoms with E-state index < -0.39 is 5.76 Å². The highest BCUT2D eigenvalue weighted by Crippen LogP contribution is 2.17. The monoisotopic (exact) mass is 289 g/mol. The van der Waals surface area contributed by atoms with Gasteiger partial charge in [-0.3, -0.25) is 9.36 Å². The van der Waals surface area contributed by atoms with Crippen molar-refractivity contribution in [3.05, 3.63) is 56.7 Å². The summed E-state index contributed by atoms with van der Waals surface area (Å²) < 4.78 is 6.41. The Morgan fingerprint density at radius 3 is 2.90 bits per heavy atom. The van der Waals surface area contributed by atoms with Crippen LogP contribution in [-0.4, -0.2) is 15.5 Å². The van der Waals surface area contributed by atoms with Gasteiger partial charge in [-0.15, -0.1) is 11.3 Å². The number of hydrogen-bond donors (Lipinski definition) is 1. The van der Waals surface area contributed by atoms with Crippen LogP contribution in [0.5, 0.6) is 0 Å². The summed E-state index contributed by atoms with van der Waals surface area (Å²) in [4.78, 5) is 24.5. The van der Waals surface area contributed by atoms with E-state index in [1.54, 1.807) is 30.3 Å². The first-order valence-corrected chi connectivity index (χ1v) is 6.87. The lowest BCUT2D eigenvalue weighted by Crippen LogP contribution is -2.19. The molecule has 2 heterocycles. The second-order valence-electron chi connectivity index (χ2n) is 4.31. The van der Waals surface area contributed by atoms with Crippen LogP contribution in [0, 0.1) is 0 Å². The van der Waals surface area contributed by atoms with Gasteiger partial charge in [0.25, 0.3) is 0 Å². The number of aliphatic hydroxyl groups excluding tert-OH is 1. The predicted octanol–water partition coefficient (Wildman–Crippen LogP) is 2.03. The third-order valence-corrected chi connectivity index (χ3v) is 3.92. The lowest BCUT2D eigenvalue weighted by atomic mass is 10.2. The van der Waals surface area contributed by atoms with Gasteiger partial charge in [0.2, 0.25) is 0 Å². The number of aromatic nitrogens is 1. The minimum absolute atomic E-state index is 0.0508. The van der Waals surface area contributed by atoms with Crippen LogP contribution in [0.2, 0.25) is 0 Å². The number of thiophene rings is 1. The van der Waals surface area contributed by atoms with Gasteiger partial charge in [0.15, 0.2) is 11.4 Å². The largest absolute Gasteiger partial charge is 0.420 e. The SMILES string of the molecule is O=C(Cn1c(=O)oc2cc(CO)ccc21)c1cccs1. The predicted molar refractivity (Wildman–Crippen MR) is 75.0 cm³/mol. The normalized spacial score (nSPS) is 11.1. The van der Waals surface area contributed by atoms with E-state index in [9.17, 15) is 9.59 Å². The molecule has 1 N–H and O–H groups in total. The summed E-state index contributed by atoms with van der Waals surface area (Å²) in [7, 11) is 0. The minimum Gasteiger partial charge on any atom is -0.408 e. The highest BCUT2D eigenvalue weighted by Gasteiger charge is 2.14. The number of oxazole rings is 1. The minimum atomic E-state index is -0.569. The first-order valence-electron chi connectivity index (χ1n) is 5.99. The third kappa shape index (κ3) is 2.19. The molecule has 0 aliphatic carbocycles. The molecular weight excluding hydrogens is 278 g/mol. The van der Waals surface area contributed by atoms with Crippen LogP contribution < -0.4 is 5.76 Å². The van der Waals surface area contributed by atoms with E-state index in [4.69, 9.17) is 9.52 Å². The van der Waals surface area contributed by atoms with E-state index in [1.807, 2.05) is 5.38 Å². The third-order valence-electron chi connectivity index (χ3n) is 3.01. The molecule has 5 nitrogen and oxygen atoms in total. The molecule has 20 heavy (non-hydrogen) atoms. The number of benzene rings is 1. The number of Topliss-reactive ketones (excluding diaryl/α,β-unsaturated/α-hetero) is 1. The molecular formula is C14H11NO4S. The fraction of sp³-hybridized carbons (Fsp3) is 0.143. The lowest BCUT2D eigenvalue weighted by molar-refractivity contribution is 0.0974. The van der Waals surface area contributed by atoms with Gasteiger partial charge in [-0.05, 0) is 29.1 Å². The molecule has 6 heteroatoms. The molecule has 0 aliphatic heterocycles. The van der Waals surface area contributed by atoms with Crippen LogP contribution in [0.4, 0.5) is 0 Å². The Morgan fingerprint density at radius 2 is 2.20 bits per heavy atom. The zero-order chi connectivity index (χ0) is 14.1. The number of fused-ring (bicyclic) bond motifs is 1. The van der Waals surface area contributed by atoms with Gasteiger partial charge >= 0.3 is 5.76 Å². The molecule has 0 aliphatic rings. The maximum atomic E-state index is 12.1. The van der Waals surface area contributed by atoms with Gasteiger partial charge in [-0.1, -0.05) is 12.1 Å². The van der Waals surface area contributed by atoms with Crippen molar-refractivity contribution in [3.63, 3.8) is 0 Å². The molecule has 0 unspecified atom stereocenters. The standard InChI is InChI=1S/C14H11NO4S/c16-8-9-3-4-10-12(6-9)19-14(18)15(10)7-11(17)13-2-1-5-20-13/h1-6,16H,7-8H2. The molecule has 102 valence electrons. The maximum Gasteiger partial charge on any atom is 0.420 e. The lowest BCUT2D eigenvalue weighted by Gasteiger charge is -2.00. The summed E-state index contributed by atoms with van der Waals surface area (Å²) in [5.41, 5.74) is 1.58. The highest BCUT2D eigenvalue weighted by molar-refractivity contribution is 7.12. The Kier molecular flexibility index (Phi) is 3.25. The van der Waals surface area contributed by atoms with Gasteiger partial charge in [0, 0.05) is 0 Å². The van der Waals surface area contributed by atoms with Crippen molar-refractivity contribution >= 4 is 28.2 Å². The summed E-state index contributed by atoms with van der Waals surface area (Å²) in [5.74, 6) is -0.698. The second-order valence-corrected chi connectivity index (χ2v) is 5.26. The number of ketones is 1. The van der Waals surface area contributed by atoms with Gasteiger partial charge in [-0.25, -0.2) is 4.79 Å². The van der Waals surface area contributed by atoms with Gasteiger partial charge in [0.1, 0.15) is 0 Å². The summed E-state index contributed by atoms with van der Waals surface area (Å²) in [6.45, 7) is -0.177. The van der Waals surface area contributed by atoms with Crippen LogP contribution in [0.3, 0.4) is 0 Å². The van der Waals surface area contributed by atoms with Crippen LogP contribution in [0.1, 0.15) is 15.2 Å². The van der Waals surface area contributed by atoms with Crippen LogP contribution in [0.15, 0.2) is 44.9 Å². The Balaban J connectivity index is 2.01. The Morgan fingerprint density at radius 1 is 1.35 bits per heavy atom. The topological polar surface area (TPSA) is 72.4 Å². The van der Waals surface area contributed by atoms with Crippen molar-refractivity contribution in [2.75, 3.05) is 0 Å². The first-order chi connectivity index (χ1) is 9.69. The number of aliphatic hydroxyl groups is 1. The van der Waals surface area contributed by atoms with Gasteiger partial charge < -0.3 is 9.52 Å². The molecule has 2 aromatic heterocycles. The Labute approximate surface area is 117 Å². The van der Waals surface area contributed by atoms with E-state index >= 15 is 0 Å². The van der Waals surface area contributed by atoms with E-state index in [1.165, 1.54) is 15.9 Å². The zero-order valence-electron chi connectivity index (χ0n) is 10.4. The maximum absolute atomic E-state index is 12.1. The number of hydrogen-bond acceptors (Lipinski definition) is 5. The van der Waals surface area contributed by atoms with Crippen LogP contribution in [0.25, 0.3) is 11.1 Å². The zero-order valence-corrected chi connectivity index (χ0v) is 11.2. The molecule has 1 aromatic carbocycles. The molecule has 0 amide bonds. The molecule has 0 radical (unpaired) electrons. The fourth-order valence-corrected chi connectivity index (χ4v) is 2.67. The number of carbonyl (C=O) groups is 1. The first kappa shape index (κ1) is 12.8. The van der Waals surface area contributed by atoms with Gasteiger partial charge in [0.05, 0.1) is 23.5 Å². The van der Waals surface area contributed by atoms with E-state index in [-0.39, 0.29) is 18.9 Å². The van der Waals surface area contributed by atoms with Crippen molar-refractivity contribution in [2.45, 2.75) is 13.2 Å². The smallest absolute Gasteiger partial charge is 0.408 e. The number of carbonyl (C=O) groups excluding carboxylic acids is 1. The average molecular weight is 289 g/mol. The van der Waals surface area contributed by atoms with Crippen LogP contribution in [-0.2, 0) is 13.2 Å². The highest BCUT2D eigenvalue weighted by atomic mass is 32.1. The van der Waals surface area contributed by atoms with E-state index in [0.717, 1.165) is 0 Å². The van der Waals surface area contributed by atoms with Gasteiger partial charge in [-0.2, -0.15) is 0 Å². The molecule has 0 saturated carbocycles. The number of rotatable bonds is 4. The summed E-state index contributed by atoms with van der Waals surface area (Å²) >= 11 is 1.34. The van der Waals surface area contributed by atoms with Crippen molar-refractivity contribution in [1.29, 1.82) is 0 Å². The van der Waals surface area contributed by atoms with Crippen molar-refractivity contribution in [3.8, 4) is 0 Å². The molecule has 3 aromatic rings. The summed E-state index contributed by atoms with van der Waals surface area (Å²) in [5, 5.41) is 10.9. The van der Waals surface area contributed by atoms with Crippen LogP contribution >= 0.6 is 11.3 Å². The molecule has 3 rings (SSSR count). The summed E-state index contributed by atoms with van der Waals surface area (Å²) in [6, 6.07) is 8.49. The molecule has 0 spiro atoms. The van der Waals surface area contributed by atoms with Crippen molar-refractivity contribution < 1.29 is 14.3 Å². The Bertz CT molecular complexity index is 813. The van der Waals surface area contributed by atoms with Crippen molar-refractivity contribution in [2.24, 2.45) is 0 Å². The van der Waals surface area contributed by atoms with E-state index in [2.05, 4.69) is 0 Å². The average Bonchev–Trinajstić information content (AvgIpc) is 3.07. The Hall–Kier alpha value is -2.18. The molecule has 0 atom stereocenters. The molecule has 0 saturated heterocycles. The molecule has 0 fully saturated rings. The second kappa shape index (κ2) is 5.07. The van der Waals surface area contributed by atoms with Crippen molar-refractivity contribution in [1.82, 2.24) is 4.57 Å². The summed E-state index contributed by atoms with van der Waals surface area (Å²) in [6.07, 6.45) is 0. The molecule has 0 bridgehead atoms. The quantitative estimate of drug-likeness (QED) is 0.746. The number of nitrogens with zero attached hydrogens (tertiary/aromatic N) is 1. The van der Waals surface area contributed by atoms with E-state index in [0.29, 0.717) is 21.5 Å².